The fourth-order valence-electron chi connectivity index (χ4n) is 1.80. The second kappa shape index (κ2) is 7.47. The van der Waals surface area contributed by atoms with E-state index in [1.165, 1.54) is 0 Å². The van der Waals surface area contributed by atoms with Crippen LogP contribution in [0.2, 0.25) is 0 Å². The van der Waals surface area contributed by atoms with Crippen molar-refractivity contribution in [2.24, 2.45) is 0 Å². The van der Waals surface area contributed by atoms with E-state index in [0.717, 1.165) is 18.2 Å². The maximum absolute atomic E-state index is 13.4. The fourth-order valence-corrected chi connectivity index (χ4v) is 1.80. The number of amides is 1. The first kappa shape index (κ1) is 17.5. The normalized spacial score (nSPS) is 13.0. The number of carbonyl (C=O) groups excluding carboxylic acids is 1. The molecule has 0 aliphatic rings. The molecule has 0 aromatic heterocycles. The number of hydrogen-bond donors (Lipinski definition) is 3. The predicted octanol–water partition coefficient (Wildman–Crippen LogP) is 1.89. The van der Waals surface area contributed by atoms with E-state index in [1.807, 2.05) is 20.8 Å². The molecule has 0 heterocycles. The Hall–Kier alpha value is -1.53. The SMILES string of the molecule is CC(C)(C)NC(=O)CCNCC(O)c1cc(F)ccc1F. The summed E-state index contributed by atoms with van der Waals surface area (Å²) >= 11 is 0. The summed E-state index contributed by atoms with van der Waals surface area (Å²) in [7, 11) is 0. The van der Waals surface area contributed by atoms with Crippen molar-refractivity contribution in [3.8, 4) is 0 Å². The van der Waals surface area contributed by atoms with Crippen molar-refractivity contribution in [2.75, 3.05) is 13.1 Å². The lowest BCUT2D eigenvalue weighted by atomic mass is 10.1. The van der Waals surface area contributed by atoms with Gasteiger partial charge < -0.3 is 15.7 Å². The third-order valence-electron chi connectivity index (χ3n) is 2.70. The monoisotopic (exact) mass is 300 g/mol. The van der Waals surface area contributed by atoms with Gasteiger partial charge in [-0.2, -0.15) is 0 Å². The molecule has 1 aromatic rings. The third kappa shape index (κ3) is 6.64. The number of aliphatic hydroxyl groups excluding tert-OH is 1. The molecular formula is C15H22F2N2O2. The largest absolute Gasteiger partial charge is 0.387 e. The lowest BCUT2D eigenvalue weighted by Gasteiger charge is -2.20. The van der Waals surface area contributed by atoms with Gasteiger partial charge in [-0.15, -0.1) is 0 Å². The van der Waals surface area contributed by atoms with Crippen LogP contribution in [0.1, 0.15) is 38.9 Å². The highest BCUT2D eigenvalue weighted by Crippen LogP contribution is 2.17. The van der Waals surface area contributed by atoms with E-state index in [9.17, 15) is 18.7 Å². The maximum Gasteiger partial charge on any atom is 0.221 e. The summed E-state index contributed by atoms with van der Waals surface area (Å²) in [6.45, 7) is 6.04. The molecular weight excluding hydrogens is 278 g/mol. The highest BCUT2D eigenvalue weighted by molar-refractivity contribution is 5.76. The predicted molar refractivity (Wildman–Crippen MR) is 76.7 cm³/mol. The lowest BCUT2D eigenvalue weighted by Crippen LogP contribution is -2.41. The molecule has 21 heavy (non-hydrogen) atoms. The minimum Gasteiger partial charge on any atom is -0.387 e. The second-order valence-corrected chi connectivity index (χ2v) is 5.93. The van der Waals surface area contributed by atoms with Gasteiger partial charge in [0.05, 0.1) is 6.10 Å². The number of carbonyl (C=O) groups is 1. The lowest BCUT2D eigenvalue weighted by molar-refractivity contribution is -0.122. The van der Waals surface area contributed by atoms with Crippen LogP contribution in [0.25, 0.3) is 0 Å². The Bertz CT molecular complexity index is 487. The summed E-state index contributed by atoms with van der Waals surface area (Å²) in [6.07, 6.45) is -0.915. The molecule has 1 aromatic carbocycles. The molecule has 0 fully saturated rings. The molecule has 0 saturated heterocycles. The van der Waals surface area contributed by atoms with E-state index in [-0.39, 0.29) is 30.0 Å². The Morgan fingerprint density at radius 1 is 1.33 bits per heavy atom. The summed E-state index contributed by atoms with van der Waals surface area (Å²) in [5, 5.41) is 15.5. The van der Waals surface area contributed by atoms with Crippen molar-refractivity contribution >= 4 is 5.91 Å². The topological polar surface area (TPSA) is 61.4 Å². The van der Waals surface area contributed by atoms with Crippen LogP contribution in [0, 0.1) is 11.6 Å². The number of halogens is 2. The van der Waals surface area contributed by atoms with E-state index >= 15 is 0 Å². The van der Waals surface area contributed by atoms with Crippen molar-refractivity contribution in [3.05, 3.63) is 35.4 Å². The molecule has 1 unspecified atom stereocenters. The summed E-state index contributed by atoms with van der Waals surface area (Å²) in [5.41, 5.74) is -0.386. The highest BCUT2D eigenvalue weighted by atomic mass is 19.1. The average Bonchev–Trinajstić information content (AvgIpc) is 2.35. The quantitative estimate of drug-likeness (QED) is 0.703. The average molecular weight is 300 g/mol. The summed E-state index contributed by atoms with van der Waals surface area (Å²) in [6, 6.07) is 2.94. The van der Waals surface area contributed by atoms with Crippen LogP contribution in [0.3, 0.4) is 0 Å². The van der Waals surface area contributed by atoms with Crippen molar-refractivity contribution in [2.45, 2.75) is 38.8 Å². The van der Waals surface area contributed by atoms with E-state index in [1.54, 1.807) is 0 Å². The molecule has 1 atom stereocenters. The van der Waals surface area contributed by atoms with Crippen LogP contribution in [-0.2, 0) is 4.79 Å². The number of nitrogens with one attached hydrogen (secondary N) is 2. The van der Waals surface area contributed by atoms with Gasteiger partial charge >= 0.3 is 0 Å². The van der Waals surface area contributed by atoms with Gasteiger partial charge in [-0.05, 0) is 39.0 Å². The molecule has 6 heteroatoms. The molecule has 0 spiro atoms. The van der Waals surface area contributed by atoms with E-state index < -0.39 is 17.7 Å². The van der Waals surface area contributed by atoms with Crippen LogP contribution in [-0.4, -0.2) is 29.6 Å². The van der Waals surface area contributed by atoms with Crippen molar-refractivity contribution in [1.82, 2.24) is 10.6 Å². The van der Waals surface area contributed by atoms with Gasteiger partial charge in [0.15, 0.2) is 0 Å². The third-order valence-corrected chi connectivity index (χ3v) is 2.70. The van der Waals surface area contributed by atoms with Crippen molar-refractivity contribution < 1.29 is 18.7 Å². The van der Waals surface area contributed by atoms with Gasteiger partial charge in [0, 0.05) is 30.6 Å². The smallest absolute Gasteiger partial charge is 0.221 e. The van der Waals surface area contributed by atoms with Crippen LogP contribution in [0.4, 0.5) is 8.78 Å². The van der Waals surface area contributed by atoms with Crippen molar-refractivity contribution in [3.63, 3.8) is 0 Å². The first-order valence-electron chi connectivity index (χ1n) is 6.84. The minimum absolute atomic E-state index is 0.0448. The fraction of sp³-hybridized carbons (Fsp3) is 0.533. The first-order chi connectivity index (χ1) is 9.69. The van der Waals surface area contributed by atoms with Gasteiger partial charge in [-0.1, -0.05) is 0 Å². The Morgan fingerprint density at radius 2 is 2.00 bits per heavy atom. The number of hydrogen-bond acceptors (Lipinski definition) is 3. The Labute approximate surface area is 123 Å². The van der Waals surface area contributed by atoms with E-state index in [4.69, 9.17) is 0 Å². The molecule has 3 N–H and O–H groups in total. The first-order valence-corrected chi connectivity index (χ1v) is 6.84. The molecule has 0 aliphatic heterocycles. The van der Waals surface area contributed by atoms with Gasteiger partial charge in [0.2, 0.25) is 5.91 Å². The molecule has 4 nitrogen and oxygen atoms in total. The zero-order chi connectivity index (χ0) is 16.0. The van der Waals surface area contributed by atoms with Gasteiger partial charge in [-0.3, -0.25) is 4.79 Å². The van der Waals surface area contributed by atoms with Crippen LogP contribution < -0.4 is 10.6 Å². The van der Waals surface area contributed by atoms with Crippen LogP contribution in [0.15, 0.2) is 18.2 Å². The van der Waals surface area contributed by atoms with Gasteiger partial charge in [0.25, 0.3) is 0 Å². The molecule has 0 aliphatic carbocycles. The molecule has 118 valence electrons. The van der Waals surface area contributed by atoms with Crippen LogP contribution >= 0.6 is 0 Å². The maximum atomic E-state index is 13.4. The summed E-state index contributed by atoms with van der Waals surface area (Å²) in [5.74, 6) is -1.37. The Kier molecular flexibility index (Phi) is 6.23. The number of aliphatic hydroxyl groups is 1. The summed E-state index contributed by atoms with van der Waals surface area (Å²) in [4.78, 5) is 11.5. The Balaban J connectivity index is 2.36. The highest BCUT2D eigenvalue weighted by Gasteiger charge is 2.15. The summed E-state index contributed by atoms with van der Waals surface area (Å²) < 4.78 is 26.4. The van der Waals surface area contributed by atoms with Gasteiger partial charge in [0.1, 0.15) is 11.6 Å². The minimum atomic E-state index is -1.16. The molecule has 0 saturated carbocycles. The van der Waals surface area contributed by atoms with E-state index in [2.05, 4.69) is 10.6 Å². The van der Waals surface area contributed by atoms with Crippen LogP contribution in [0.5, 0.6) is 0 Å². The zero-order valence-corrected chi connectivity index (χ0v) is 12.5. The number of rotatable bonds is 6. The zero-order valence-electron chi connectivity index (χ0n) is 12.5. The van der Waals surface area contributed by atoms with Gasteiger partial charge in [-0.25, -0.2) is 8.78 Å². The molecule has 1 rings (SSSR count). The van der Waals surface area contributed by atoms with Crippen molar-refractivity contribution in [1.29, 1.82) is 0 Å². The standard InChI is InChI=1S/C15H22F2N2O2/c1-15(2,3)19-14(21)6-7-18-9-13(20)11-8-10(16)4-5-12(11)17/h4-5,8,13,18,20H,6-7,9H2,1-3H3,(H,19,21). The molecule has 1 amide bonds. The molecule has 0 radical (unpaired) electrons. The number of benzene rings is 1. The second-order valence-electron chi connectivity index (χ2n) is 5.93. The Morgan fingerprint density at radius 3 is 2.62 bits per heavy atom. The van der Waals surface area contributed by atoms with E-state index in [0.29, 0.717) is 6.54 Å². The molecule has 0 bridgehead atoms.